The molecule has 0 saturated carbocycles. The molecule has 4 nitrogen and oxygen atoms in total. The van der Waals surface area contributed by atoms with Gasteiger partial charge in [-0.05, 0) is 0 Å². The van der Waals surface area contributed by atoms with Gasteiger partial charge in [0.2, 0.25) is 0 Å². The molecule has 62 valence electrons. The van der Waals surface area contributed by atoms with E-state index >= 15 is 0 Å². The summed E-state index contributed by atoms with van der Waals surface area (Å²) in [6.07, 6.45) is -0.0776. The van der Waals surface area contributed by atoms with Gasteiger partial charge in [-0.25, -0.2) is 0 Å². The van der Waals surface area contributed by atoms with Gasteiger partial charge in [-0.3, -0.25) is 9.59 Å². The van der Waals surface area contributed by atoms with E-state index in [1.54, 1.807) is 0 Å². The second-order valence-electron chi connectivity index (χ2n) is 1.43. The van der Waals surface area contributed by atoms with E-state index in [9.17, 15) is 9.59 Å². The van der Waals surface area contributed by atoms with Gasteiger partial charge < -0.3 is 8.37 Å². The van der Waals surface area contributed by atoms with Crippen molar-refractivity contribution in [3.63, 3.8) is 0 Å². The number of carbonyl (C=O) groups excluding carboxylic acids is 2. The normalized spacial score (nSPS) is 7.17. The molecule has 0 saturated heterocycles. The van der Waals surface area contributed by atoms with E-state index < -0.39 is 11.9 Å². The average Bonchev–Trinajstić information content (AvgIpc) is 1.99. The number of hydrogen-bond donors (Lipinski definition) is 2. The second-order valence-corrected chi connectivity index (χ2v) is 1.79. The van der Waals surface area contributed by atoms with Gasteiger partial charge in [0.1, 0.15) is 0 Å². The Morgan fingerprint density at radius 1 is 0.917 bits per heavy atom. The van der Waals surface area contributed by atoms with Crippen molar-refractivity contribution in [1.29, 1.82) is 0 Å². The van der Waals surface area contributed by atoms with Crippen LogP contribution in [0.3, 0.4) is 0 Å². The number of carbonyl (C=O) groups is 2. The molecule has 0 aromatic heterocycles. The first-order chi connectivity index (χ1) is 4.70. The molecule has 0 heterocycles. The third-order valence-electron chi connectivity index (χ3n) is 0.737. The van der Waals surface area contributed by atoms with Crippen LogP contribution in [0.5, 0.6) is 0 Å². The van der Waals surface area contributed by atoms with E-state index in [4.69, 9.17) is 0 Å². The SMILES string of the molecule is O=C(CCC(=O)OS)OS.[KH].[KH]. The van der Waals surface area contributed by atoms with Gasteiger partial charge in [0.05, 0.1) is 12.8 Å². The summed E-state index contributed by atoms with van der Waals surface area (Å²) in [5.41, 5.74) is 0. The van der Waals surface area contributed by atoms with Crippen molar-refractivity contribution in [3.05, 3.63) is 0 Å². The van der Waals surface area contributed by atoms with Crippen LogP contribution < -0.4 is 0 Å². The minimum atomic E-state index is -0.568. The molecule has 0 N–H and O–H groups in total. The third kappa shape index (κ3) is 12.9. The van der Waals surface area contributed by atoms with Crippen LogP contribution in [-0.2, 0) is 18.0 Å². The number of thiol groups is 2. The molecule has 0 aromatic carbocycles. The Hall–Kier alpha value is 2.91. The summed E-state index contributed by atoms with van der Waals surface area (Å²) >= 11 is 6.45. The van der Waals surface area contributed by atoms with Crippen LogP contribution in [-0.4, -0.2) is 115 Å². The molecule has 12 heavy (non-hydrogen) atoms. The van der Waals surface area contributed by atoms with E-state index in [0.29, 0.717) is 0 Å². The molecule has 0 rings (SSSR count). The summed E-state index contributed by atoms with van der Waals surface area (Å²) in [6.45, 7) is 0. The summed E-state index contributed by atoms with van der Waals surface area (Å²) in [5.74, 6) is -1.14. The van der Waals surface area contributed by atoms with Crippen molar-refractivity contribution in [2.45, 2.75) is 12.8 Å². The van der Waals surface area contributed by atoms with Crippen molar-refractivity contribution in [2.75, 3.05) is 0 Å². The Morgan fingerprint density at radius 3 is 1.33 bits per heavy atom. The summed E-state index contributed by atoms with van der Waals surface area (Å²) in [7, 11) is 0. The van der Waals surface area contributed by atoms with E-state index in [1.165, 1.54) is 0 Å². The Kier molecular flexibility index (Phi) is 23.6. The molecule has 0 spiro atoms. The molecule has 0 fully saturated rings. The van der Waals surface area contributed by atoms with Gasteiger partial charge in [-0.1, -0.05) is 0 Å². The van der Waals surface area contributed by atoms with E-state index in [-0.39, 0.29) is 116 Å². The van der Waals surface area contributed by atoms with E-state index in [2.05, 4.69) is 34.2 Å². The molecule has 0 radical (unpaired) electrons. The molecule has 0 amide bonds. The van der Waals surface area contributed by atoms with Gasteiger partial charge in [0, 0.05) is 25.8 Å². The molecule has 0 aliphatic carbocycles. The second kappa shape index (κ2) is 13.9. The monoisotopic (exact) mass is 262 g/mol. The molecule has 8 heteroatoms. The minimum absolute atomic E-state index is 0. The van der Waals surface area contributed by atoms with Gasteiger partial charge in [0.15, 0.2) is 0 Å². The van der Waals surface area contributed by atoms with Gasteiger partial charge >= 0.3 is 115 Å². The standard InChI is InChI=1S/C4H6O4S2.2K.2H/c5-3(7-9)1-2-4(6)8-10;;;;/h9-10H,1-2H2;;;;. The van der Waals surface area contributed by atoms with Crippen molar-refractivity contribution in [2.24, 2.45) is 0 Å². The number of rotatable bonds is 3. The van der Waals surface area contributed by atoms with Crippen molar-refractivity contribution in [3.8, 4) is 0 Å². The Labute approximate surface area is 167 Å². The summed E-state index contributed by atoms with van der Waals surface area (Å²) < 4.78 is 7.94. The molecular formula is C4H8K2O4S2. The number of hydrogen-bond acceptors (Lipinski definition) is 6. The van der Waals surface area contributed by atoms with Crippen LogP contribution in [0.1, 0.15) is 12.8 Å². The predicted molar refractivity (Wildman–Crippen MR) is 53.7 cm³/mol. The fraction of sp³-hybridized carbons (Fsp3) is 0.500. The zero-order valence-electron chi connectivity index (χ0n) is 4.94. The Morgan fingerprint density at radius 2 is 1.17 bits per heavy atom. The summed E-state index contributed by atoms with van der Waals surface area (Å²) in [6, 6.07) is 0. The Balaban J connectivity index is -0.000000405. The van der Waals surface area contributed by atoms with Crippen LogP contribution in [0.15, 0.2) is 0 Å². The molecular weight excluding hydrogens is 254 g/mol. The molecule has 0 bridgehead atoms. The van der Waals surface area contributed by atoms with Gasteiger partial charge in [0.25, 0.3) is 0 Å². The van der Waals surface area contributed by atoms with Crippen molar-refractivity contribution in [1.82, 2.24) is 0 Å². The van der Waals surface area contributed by atoms with Crippen LogP contribution in [0.2, 0.25) is 0 Å². The van der Waals surface area contributed by atoms with E-state index in [1.807, 2.05) is 0 Å². The zero-order valence-corrected chi connectivity index (χ0v) is 6.73. The maximum absolute atomic E-state index is 10.3. The first kappa shape index (κ1) is 20.3. The van der Waals surface area contributed by atoms with E-state index in [0.717, 1.165) is 0 Å². The summed E-state index contributed by atoms with van der Waals surface area (Å²) in [4.78, 5) is 20.6. The molecule has 0 aliphatic rings. The predicted octanol–water partition coefficient (Wildman–Crippen LogP) is -0.754. The molecule has 0 aromatic rings. The van der Waals surface area contributed by atoms with Crippen LogP contribution in [0.25, 0.3) is 0 Å². The fourth-order valence-corrected chi connectivity index (χ4v) is 0.478. The van der Waals surface area contributed by atoms with Crippen LogP contribution in [0.4, 0.5) is 0 Å². The summed E-state index contributed by atoms with van der Waals surface area (Å²) in [5, 5.41) is 0. The average molecular weight is 262 g/mol. The molecule has 0 aliphatic heterocycles. The quantitative estimate of drug-likeness (QED) is 0.399. The van der Waals surface area contributed by atoms with Crippen LogP contribution >= 0.6 is 25.8 Å². The third-order valence-corrected chi connectivity index (χ3v) is 1.14. The van der Waals surface area contributed by atoms with Crippen molar-refractivity contribution >= 4 is 141 Å². The van der Waals surface area contributed by atoms with Gasteiger partial charge in [-0.15, -0.1) is 0 Å². The fourth-order valence-electron chi connectivity index (χ4n) is 0.295. The first-order valence-corrected chi connectivity index (χ1v) is 3.12. The zero-order chi connectivity index (χ0) is 7.98. The Bertz CT molecular complexity index is 127. The maximum atomic E-state index is 10.3. The van der Waals surface area contributed by atoms with Crippen LogP contribution in [0, 0.1) is 0 Å². The molecule has 0 atom stereocenters. The first-order valence-electron chi connectivity index (χ1n) is 2.39. The van der Waals surface area contributed by atoms with Gasteiger partial charge in [-0.2, -0.15) is 0 Å². The topological polar surface area (TPSA) is 52.6 Å². The molecule has 0 unspecified atom stereocenters. The van der Waals surface area contributed by atoms with Crippen molar-refractivity contribution < 1.29 is 18.0 Å².